The van der Waals surface area contributed by atoms with Gasteiger partial charge in [-0.25, -0.2) is 0 Å². The van der Waals surface area contributed by atoms with E-state index in [0.717, 1.165) is 18.1 Å². The Kier molecular flexibility index (Phi) is 4.60. The Labute approximate surface area is 113 Å². The number of anilines is 1. The number of nitrogens with one attached hydrogen (secondary N) is 1. The summed E-state index contributed by atoms with van der Waals surface area (Å²) in [5.74, 6) is 2.38. The van der Waals surface area contributed by atoms with Crippen LogP contribution in [0, 0.1) is 0 Å². The average molecular weight is 271 g/mol. The Morgan fingerprint density at radius 3 is 3.00 bits per heavy atom. The van der Waals surface area contributed by atoms with E-state index in [1.54, 1.807) is 0 Å². The van der Waals surface area contributed by atoms with Crippen LogP contribution in [0.5, 0.6) is 0 Å². The molecule has 1 atom stereocenters. The van der Waals surface area contributed by atoms with Gasteiger partial charge in [-0.2, -0.15) is 11.8 Å². The van der Waals surface area contributed by atoms with Crippen molar-refractivity contribution in [2.24, 2.45) is 0 Å². The number of benzene rings is 1. The molecule has 1 aliphatic heterocycles. The van der Waals surface area contributed by atoms with Gasteiger partial charge in [0.2, 0.25) is 0 Å². The molecule has 17 heavy (non-hydrogen) atoms. The number of hydrogen-bond acceptors (Lipinski definition) is 3. The van der Waals surface area contributed by atoms with Gasteiger partial charge in [-0.05, 0) is 31.7 Å². The molecule has 1 aromatic rings. The molecule has 1 fully saturated rings. The standard InChI is InChI=1S/C13H19ClN2S/c1-10-9-17-6-5-16(10)13-4-3-11(8-15-2)7-12(13)14/h3-4,7,10,15H,5-6,8-9H2,1-2H3. The van der Waals surface area contributed by atoms with E-state index in [9.17, 15) is 0 Å². The Hall–Kier alpha value is -0.380. The minimum Gasteiger partial charge on any atom is -0.366 e. The molecule has 2 rings (SSSR count). The molecule has 4 heteroatoms. The van der Waals surface area contributed by atoms with E-state index in [0.29, 0.717) is 6.04 Å². The van der Waals surface area contributed by atoms with E-state index >= 15 is 0 Å². The number of halogens is 1. The summed E-state index contributed by atoms with van der Waals surface area (Å²) in [7, 11) is 1.95. The van der Waals surface area contributed by atoms with Crippen molar-refractivity contribution in [3.63, 3.8) is 0 Å². The molecule has 1 aliphatic rings. The third kappa shape index (κ3) is 3.09. The SMILES string of the molecule is CNCc1ccc(N2CCSCC2C)c(Cl)c1. The molecule has 0 aromatic heterocycles. The van der Waals surface area contributed by atoms with Crippen LogP contribution in [0.15, 0.2) is 18.2 Å². The Balaban J connectivity index is 2.20. The van der Waals surface area contributed by atoms with Gasteiger partial charge in [0.15, 0.2) is 0 Å². The van der Waals surface area contributed by atoms with Crippen molar-refractivity contribution >= 4 is 29.1 Å². The molecule has 1 saturated heterocycles. The zero-order chi connectivity index (χ0) is 12.3. The van der Waals surface area contributed by atoms with Gasteiger partial charge in [-0.1, -0.05) is 17.7 Å². The molecular formula is C13H19ClN2S. The quantitative estimate of drug-likeness (QED) is 0.909. The summed E-state index contributed by atoms with van der Waals surface area (Å²) in [6.07, 6.45) is 0. The fourth-order valence-electron chi connectivity index (χ4n) is 2.18. The third-order valence-electron chi connectivity index (χ3n) is 3.07. The summed E-state index contributed by atoms with van der Waals surface area (Å²) in [6, 6.07) is 6.96. The highest BCUT2D eigenvalue weighted by Gasteiger charge is 2.20. The lowest BCUT2D eigenvalue weighted by atomic mass is 10.1. The lowest BCUT2D eigenvalue weighted by Crippen LogP contribution is -2.40. The maximum atomic E-state index is 6.39. The van der Waals surface area contributed by atoms with Crippen LogP contribution in [-0.2, 0) is 6.54 Å². The summed E-state index contributed by atoms with van der Waals surface area (Å²) in [6.45, 7) is 4.23. The molecule has 0 aliphatic carbocycles. The minimum atomic E-state index is 0.571. The molecule has 0 bridgehead atoms. The second kappa shape index (κ2) is 5.98. The number of rotatable bonds is 3. The van der Waals surface area contributed by atoms with Gasteiger partial charge in [0, 0.05) is 30.6 Å². The van der Waals surface area contributed by atoms with E-state index in [2.05, 4.69) is 35.3 Å². The highest BCUT2D eigenvalue weighted by Crippen LogP contribution is 2.31. The van der Waals surface area contributed by atoms with Crippen LogP contribution >= 0.6 is 23.4 Å². The van der Waals surface area contributed by atoms with Crippen molar-refractivity contribution in [3.8, 4) is 0 Å². The summed E-state index contributed by atoms with van der Waals surface area (Å²) in [5, 5.41) is 4.02. The fourth-order valence-corrected chi connectivity index (χ4v) is 3.51. The molecule has 0 radical (unpaired) electrons. The number of thioether (sulfide) groups is 1. The van der Waals surface area contributed by atoms with Gasteiger partial charge in [-0.15, -0.1) is 0 Å². The van der Waals surface area contributed by atoms with Crippen molar-refractivity contribution in [1.82, 2.24) is 5.32 Å². The van der Waals surface area contributed by atoms with E-state index in [-0.39, 0.29) is 0 Å². The van der Waals surface area contributed by atoms with Crippen molar-refractivity contribution < 1.29 is 0 Å². The highest BCUT2D eigenvalue weighted by atomic mass is 35.5. The van der Waals surface area contributed by atoms with Crippen LogP contribution < -0.4 is 10.2 Å². The van der Waals surface area contributed by atoms with Crippen LogP contribution in [0.2, 0.25) is 5.02 Å². The lowest BCUT2D eigenvalue weighted by Gasteiger charge is -2.35. The molecule has 0 saturated carbocycles. The molecule has 94 valence electrons. The highest BCUT2D eigenvalue weighted by molar-refractivity contribution is 7.99. The van der Waals surface area contributed by atoms with Crippen LogP contribution in [0.3, 0.4) is 0 Å². The maximum Gasteiger partial charge on any atom is 0.0642 e. The van der Waals surface area contributed by atoms with Crippen molar-refractivity contribution in [1.29, 1.82) is 0 Å². The zero-order valence-electron chi connectivity index (χ0n) is 10.4. The number of hydrogen-bond donors (Lipinski definition) is 1. The molecule has 2 nitrogen and oxygen atoms in total. The first-order valence-corrected chi connectivity index (χ1v) is 7.53. The van der Waals surface area contributed by atoms with Crippen molar-refractivity contribution in [2.75, 3.05) is 30.0 Å². The average Bonchev–Trinajstić information content (AvgIpc) is 2.31. The molecule has 0 amide bonds. The Morgan fingerprint density at radius 2 is 2.35 bits per heavy atom. The van der Waals surface area contributed by atoms with E-state index in [1.807, 2.05) is 18.8 Å². The zero-order valence-corrected chi connectivity index (χ0v) is 11.9. The van der Waals surface area contributed by atoms with Crippen LogP contribution in [0.1, 0.15) is 12.5 Å². The largest absolute Gasteiger partial charge is 0.366 e. The summed E-state index contributed by atoms with van der Waals surface area (Å²) >= 11 is 8.41. The molecule has 1 unspecified atom stereocenters. The first-order chi connectivity index (χ1) is 8.22. The normalized spacial score (nSPS) is 20.6. The minimum absolute atomic E-state index is 0.571. The monoisotopic (exact) mass is 270 g/mol. The Morgan fingerprint density at radius 1 is 1.53 bits per heavy atom. The van der Waals surface area contributed by atoms with Gasteiger partial charge >= 0.3 is 0 Å². The smallest absolute Gasteiger partial charge is 0.0642 e. The maximum absolute atomic E-state index is 6.39. The van der Waals surface area contributed by atoms with Gasteiger partial charge in [0.25, 0.3) is 0 Å². The summed E-state index contributed by atoms with van der Waals surface area (Å²) < 4.78 is 0. The molecule has 1 aromatic carbocycles. The van der Waals surface area contributed by atoms with E-state index in [1.165, 1.54) is 22.8 Å². The molecule has 0 spiro atoms. The van der Waals surface area contributed by atoms with E-state index in [4.69, 9.17) is 11.6 Å². The summed E-state index contributed by atoms with van der Waals surface area (Å²) in [5.41, 5.74) is 2.42. The molecule has 1 heterocycles. The summed E-state index contributed by atoms with van der Waals surface area (Å²) in [4.78, 5) is 2.42. The van der Waals surface area contributed by atoms with Gasteiger partial charge in [0.1, 0.15) is 0 Å². The van der Waals surface area contributed by atoms with Crippen molar-refractivity contribution in [3.05, 3.63) is 28.8 Å². The van der Waals surface area contributed by atoms with Crippen LogP contribution in [0.4, 0.5) is 5.69 Å². The molecule has 1 N–H and O–H groups in total. The third-order valence-corrected chi connectivity index (χ3v) is 4.56. The lowest BCUT2D eigenvalue weighted by molar-refractivity contribution is 0.699. The van der Waals surface area contributed by atoms with Crippen molar-refractivity contribution in [2.45, 2.75) is 19.5 Å². The predicted octanol–water partition coefficient (Wildman–Crippen LogP) is 3.00. The predicted molar refractivity (Wildman–Crippen MR) is 78.3 cm³/mol. The first-order valence-electron chi connectivity index (χ1n) is 6.00. The van der Waals surface area contributed by atoms with E-state index < -0.39 is 0 Å². The van der Waals surface area contributed by atoms with Crippen LogP contribution in [0.25, 0.3) is 0 Å². The second-order valence-corrected chi connectivity index (χ2v) is 5.99. The fraction of sp³-hybridized carbons (Fsp3) is 0.538. The van der Waals surface area contributed by atoms with Gasteiger partial charge < -0.3 is 10.2 Å². The van der Waals surface area contributed by atoms with Gasteiger partial charge in [0.05, 0.1) is 10.7 Å². The number of nitrogens with zero attached hydrogens (tertiary/aromatic N) is 1. The second-order valence-electron chi connectivity index (χ2n) is 4.43. The van der Waals surface area contributed by atoms with Gasteiger partial charge in [-0.3, -0.25) is 0 Å². The first kappa shape index (κ1) is 13.1. The van der Waals surface area contributed by atoms with Crippen LogP contribution in [-0.4, -0.2) is 31.1 Å². The Bertz CT molecular complexity index is 384. The molecular weight excluding hydrogens is 252 g/mol. The topological polar surface area (TPSA) is 15.3 Å².